The number of ether oxygens (including phenoxy) is 2. The van der Waals surface area contributed by atoms with Crippen molar-refractivity contribution < 1.29 is 9.47 Å². The average Bonchev–Trinajstić information content (AvgIpc) is 2.96. The molecule has 1 aromatic carbocycles. The predicted molar refractivity (Wildman–Crippen MR) is 104 cm³/mol. The average molecular weight is 416 g/mol. The second-order valence-electron chi connectivity index (χ2n) is 8.04. The minimum absolute atomic E-state index is 0.0880. The summed E-state index contributed by atoms with van der Waals surface area (Å²) in [6.45, 7) is 7.75. The van der Waals surface area contributed by atoms with Gasteiger partial charge < -0.3 is 20.5 Å². The van der Waals surface area contributed by atoms with Crippen LogP contribution in [0.3, 0.4) is 0 Å². The van der Waals surface area contributed by atoms with E-state index in [0.717, 1.165) is 27.1 Å². The van der Waals surface area contributed by atoms with Crippen LogP contribution in [0.25, 0.3) is 0 Å². The number of pyridine rings is 1. The number of benzene rings is 1. The molecule has 2 aliphatic heterocycles. The Hall–Kier alpha value is -2.21. The Morgan fingerprint density at radius 1 is 1.31 bits per heavy atom. The molecule has 4 rings (SSSR count). The van der Waals surface area contributed by atoms with Crippen LogP contribution in [0.15, 0.2) is 46.8 Å². The van der Waals surface area contributed by atoms with Crippen LogP contribution in [0, 0.1) is 5.41 Å². The molecule has 1 atom stereocenters. The molecule has 1 spiro atoms. The van der Waals surface area contributed by atoms with Crippen molar-refractivity contribution in [2.24, 2.45) is 11.1 Å². The maximum atomic E-state index is 6.09. The first-order chi connectivity index (χ1) is 12.3. The molecule has 0 unspecified atom stereocenters. The smallest absolute Gasteiger partial charge is 0.223 e. The van der Waals surface area contributed by atoms with Crippen molar-refractivity contribution >= 4 is 15.9 Å². The first kappa shape index (κ1) is 17.2. The van der Waals surface area contributed by atoms with E-state index in [1.54, 1.807) is 6.20 Å². The third-order valence-corrected chi connectivity index (χ3v) is 5.02. The molecule has 3 N–H and O–H groups in total. The molecule has 0 aliphatic carbocycles. The van der Waals surface area contributed by atoms with Gasteiger partial charge in [0.05, 0.1) is 17.8 Å². The van der Waals surface area contributed by atoms with Crippen LogP contribution in [0.5, 0.6) is 17.4 Å². The lowest BCUT2D eigenvalue weighted by molar-refractivity contribution is 0.197. The number of rotatable bonds is 2. The molecule has 2 aliphatic rings. The monoisotopic (exact) mass is 415 g/mol. The van der Waals surface area contributed by atoms with Gasteiger partial charge in [-0.1, -0.05) is 20.8 Å². The van der Waals surface area contributed by atoms with Gasteiger partial charge in [-0.2, -0.15) is 0 Å². The number of fused-ring (bicyclic) bond motifs is 4. The van der Waals surface area contributed by atoms with E-state index in [-0.39, 0.29) is 5.41 Å². The fraction of sp³-hybridized carbons (Fsp3) is 0.350. The summed E-state index contributed by atoms with van der Waals surface area (Å²) in [6.07, 6.45) is 3.79. The highest BCUT2D eigenvalue weighted by Crippen LogP contribution is 2.51. The summed E-state index contributed by atoms with van der Waals surface area (Å²) in [5.74, 6) is 2.87. The quantitative estimate of drug-likeness (QED) is 0.773. The first-order valence-corrected chi connectivity index (χ1v) is 9.40. The van der Waals surface area contributed by atoms with Gasteiger partial charge in [0, 0.05) is 28.3 Å². The summed E-state index contributed by atoms with van der Waals surface area (Å²) < 4.78 is 13.0. The van der Waals surface area contributed by atoms with Crippen molar-refractivity contribution in [3.05, 3.63) is 58.0 Å². The molecule has 3 heterocycles. The Labute approximate surface area is 161 Å². The second kappa shape index (κ2) is 5.91. The number of hydrogen-bond acceptors (Lipinski definition) is 5. The summed E-state index contributed by atoms with van der Waals surface area (Å²) in [5.41, 5.74) is 7.77. The van der Waals surface area contributed by atoms with Gasteiger partial charge in [0.25, 0.3) is 0 Å². The number of hydrogen-bond donors (Lipinski definition) is 2. The number of nitrogens with one attached hydrogen (secondary N) is 1. The van der Waals surface area contributed by atoms with E-state index in [2.05, 4.69) is 59.1 Å². The Bertz CT molecular complexity index is 904. The van der Waals surface area contributed by atoms with Gasteiger partial charge in [0.15, 0.2) is 0 Å². The zero-order valence-electron chi connectivity index (χ0n) is 15.1. The van der Waals surface area contributed by atoms with Crippen LogP contribution < -0.4 is 20.5 Å². The van der Waals surface area contributed by atoms with E-state index in [4.69, 9.17) is 15.2 Å². The minimum Gasteiger partial charge on any atom is -0.493 e. The zero-order chi connectivity index (χ0) is 18.5. The van der Waals surface area contributed by atoms with Crippen molar-refractivity contribution in [2.45, 2.75) is 26.2 Å². The Morgan fingerprint density at radius 3 is 2.81 bits per heavy atom. The molecular formula is C20H22BrN3O2. The molecule has 0 amide bonds. The lowest BCUT2D eigenvalue weighted by Crippen LogP contribution is -2.34. The molecule has 5 nitrogen and oxygen atoms in total. The highest BCUT2D eigenvalue weighted by molar-refractivity contribution is 9.10. The highest BCUT2D eigenvalue weighted by atomic mass is 79.9. The van der Waals surface area contributed by atoms with Gasteiger partial charge in [0.1, 0.15) is 11.5 Å². The standard InChI is InChI=1S/C20H22BrN3O2/c1-19(2,3)11-25-13-4-5-16-14(7-13)20(8-17(22)24-10-20)15-6-12(21)9-23-18(15)26-16/h4-9,24H,10-11,22H2,1-3H3/t20-/m1/s1. The van der Waals surface area contributed by atoms with E-state index in [1.807, 2.05) is 18.2 Å². The molecule has 0 saturated carbocycles. The van der Waals surface area contributed by atoms with E-state index in [1.165, 1.54) is 0 Å². The van der Waals surface area contributed by atoms with Crippen molar-refractivity contribution in [3.8, 4) is 17.4 Å². The molecule has 2 aromatic rings. The molecule has 26 heavy (non-hydrogen) atoms. The van der Waals surface area contributed by atoms with E-state index in [0.29, 0.717) is 24.9 Å². The van der Waals surface area contributed by atoms with E-state index >= 15 is 0 Å². The van der Waals surface area contributed by atoms with Crippen LogP contribution in [0.2, 0.25) is 0 Å². The van der Waals surface area contributed by atoms with Crippen LogP contribution in [-0.2, 0) is 5.41 Å². The van der Waals surface area contributed by atoms with Crippen molar-refractivity contribution in [1.82, 2.24) is 10.3 Å². The number of aromatic nitrogens is 1. The predicted octanol–water partition coefficient (Wildman–Crippen LogP) is 4.06. The fourth-order valence-corrected chi connectivity index (χ4v) is 3.70. The molecule has 1 aromatic heterocycles. The van der Waals surface area contributed by atoms with Crippen LogP contribution in [-0.4, -0.2) is 18.1 Å². The minimum atomic E-state index is -0.426. The van der Waals surface area contributed by atoms with Crippen LogP contribution in [0.4, 0.5) is 0 Å². The second-order valence-corrected chi connectivity index (χ2v) is 8.96. The van der Waals surface area contributed by atoms with E-state index in [9.17, 15) is 0 Å². The summed E-state index contributed by atoms with van der Waals surface area (Å²) in [7, 11) is 0. The maximum absolute atomic E-state index is 6.09. The summed E-state index contributed by atoms with van der Waals surface area (Å²) >= 11 is 3.52. The van der Waals surface area contributed by atoms with Crippen LogP contribution in [0.1, 0.15) is 31.9 Å². The van der Waals surface area contributed by atoms with Gasteiger partial charge >= 0.3 is 0 Å². The number of halogens is 1. The van der Waals surface area contributed by atoms with Gasteiger partial charge in [0.2, 0.25) is 5.88 Å². The third kappa shape index (κ3) is 2.92. The SMILES string of the molecule is CC(C)(C)COc1ccc2c(c1)[C@]1(C=C(N)NC1)c1cc(Br)cnc1O2. The summed E-state index contributed by atoms with van der Waals surface area (Å²) in [5, 5.41) is 3.26. The Balaban J connectivity index is 1.83. The van der Waals surface area contributed by atoms with Gasteiger partial charge in [-0.25, -0.2) is 4.98 Å². The fourth-order valence-electron chi connectivity index (χ4n) is 3.37. The molecule has 136 valence electrons. The van der Waals surface area contributed by atoms with E-state index < -0.39 is 5.41 Å². The highest BCUT2D eigenvalue weighted by Gasteiger charge is 2.44. The summed E-state index contributed by atoms with van der Waals surface area (Å²) in [6, 6.07) is 7.99. The van der Waals surface area contributed by atoms with Gasteiger partial charge in [-0.15, -0.1) is 0 Å². The normalized spacial score (nSPS) is 20.7. The Kier molecular flexibility index (Phi) is 3.91. The van der Waals surface area contributed by atoms with Crippen molar-refractivity contribution in [2.75, 3.05) is 13.2 Å². The molecule has 0 bridgehead atoms. The van der Waals surface area contributed by atoms with Crippen molar-refractivity contribution in [3.63, 3.8) is 0 Å². The molecule has 0 fully saturated rings. The maximum Gasteiger partial charge on any atom is 0.223 e. The number of nitrogens with two attached hydrogens (primary N) is 1. The molecule has 0 radical (unpaired) electrons. The van der Waals surface area contributed by atoms with Crippen LogP contribution >= 0.6 is 15.9 Å². The first-order valence-electron chi connectivity index (χ1n) is 8.60. The topological polar surface area (TPSA) is 69.4 Å². The third-order valence-electron chi connectivity index (χ3n) is 4.58. The van der Waals surface area contributed by atoms with Gasteiger partial charge in [-0.05, 0) is 51.7 Å². The van der Waals surface area contributed by atoms with Gasteiger partial charge in [-0.3, -0.25) is 0 Å². The largest absolute Gasteiger partial charge is 0.493 e. The molecule has 0 saturated heterocycles. The zero-order valence-corrected chi connectivity index (χ0v) is 16.7. The lowest BCUT2D eigenvalue weighted by Gasteiger charge is -2.35. The van der Waals surface area contributed by atoms with Crippen molar-refractivity contribution in [1.29, 1.82) is 0 Å². The molecule has 6 heteroatoms. The summed E-state index contributed by atoms with van der Waals surface area (Å²) in [4.78, 5) is 4.45. The lowest BCUT2D eigenvalue weighted by atomic mass is 9.74. The number of nitrogens with zero attached hydrogens (tertiary/aromatic N) is 1. The Morgan fingerprint density at radius 2 is 2.12 bits per heavy atom. The molecular weight excluding hydrogens is 394 g/mol.